The van der Waals surface area contributed by atoms with Gasteiger partial charge in [-0.1, -0.05) is 17.7 Å². The summed E-state index contributed by atoms with van der Waals surface area (Å²) in [6, 6.07) is 9.58. The summed E-state index contributed by atoms with van der Waals surface area (Å²) in [6.45, 7) is 2.06. The molecule has 0 unspecified atom stereocenters. The number of hydrogen-bond acceptors (Lipinski definition) is 4. The summed E-state index contributed by atoms with van der Waals surface area (Å²) in [4.78, 5) is 13.1. The first kappa shape index (κ1) is 20.2. The molecule has 0 bridgehead atoms. The number of hydrogen-bond donors (Lipinski definition) is 0. The Hall–Kier alpha value is -2.52. The molecule has 1 amide bonds. The van der Waals surface area contributed by atoms with Crippen molar-refractivity contribution in [3.63, 3.8) is 0 Å². The lowest BCUT2D eigenvalue weighted by atomic mass is 10.2. The molecular formula is C19H20F2N2O4S. The van der Waals surface area contributed by atoms with Crippen molar-refractivity contribution in [1.82, 2.24) is 9.21 Å². The normalized spacial score (nSPS) is 15.5. The van der Waals surface area contributed by atoms with Gasteiger partial charge in [0.05, 0.1) is 0 Å². The van der Waals surface area contributed by atoms with Crippen LogP contribution in [0.25, 0.3) is 0 Å². The molecule has 0 aromatic heterocycles. The zero-order valence-electron chi connectivity index (χ0n) is 15.3. The van der Waals surface area contributed by atoms with Gasteiger partial charge in [0.15, 0.2) is 6.61 Å². The van der Waals surface area contributed by atoms with Gasteiger partial charge in [0.1, 0.15) is 22.3 Å². The summed E-state index contributed by atoms with van der Waals surface area (Å²) >= 11 is 0. The summed E-state index contributed by atoms with van der Waals surface area (Å²) in [7, 11) is -4.17. The Morgan fingerprint density at radius 2 is 1.68 bits per heavy atom. The molecule has 6 nitrogen and oxygen atoms in total. The summed E-state index contributed by atoms with van der Waals surface area (Å²) in [5.41, 5.74) is 1.07. The number of carbonyl (C=O) groups is 1. The Morgan fingerprint density at radius 1 is 1.04 bits per heavy atom. The third kappa shape index (κ3) is 4.48. The first-order valence-electron chi connectivity index (χ1n) is 8.70. The fourth-order valence-corrected chi connectivity index (χ4v) is 4.36. The van der Waals surface area contributed by atoms with Crippen LogP contribution < -0.4 is 4.74 Å². The molecule has 150 valence electrons. The zero-order chi connectivity index (χ0) is 20.3. The number of benzene rings is 2. The van der Waals surface area contributed by atoms with E-state index in [-0.39, 0.29) is 38.7 Å². The van der Waals surface area contributed by atoms with Crippen molar-refractivity contribution in [2.24, 2.45) is 0 Å². The van der Waals surface area contributed by atoms with Crippen LogP contribution >= 0.6 is 0 Å². The first-order chi connectivity index (χ1) is 13.3. The number of ether oxygens (including phenoxy) is 1. The Morgan fingerprint density at radius 3 is 2.32 bits per heavy atom. The van der Waals surface area contributed by atoms with Gasteiger partial charge in [-0.2, -0.15) is 4.31 Å². The molecule has 1 aliphatic rings. The van der Waals surface area contributed by atoms with Gasteiger partial charge in [0, 0.05) is 26.2 Å². The molecule has 0 N–H and O–H groups in total. The van der Waals surface area contributed by atoms with Gasteiger partial charge in [-0.3, -0.25) is 4.79 Å². The van der Waals surface area contributed by atoms with E-state index in [2.05, 4.69) is 0 Å². The van der Waals surface area contributed by atoms with Crippen molar-refractivity contribution in [3.8, 4) is 5.75 Å². The standard InChI is InChI=1S/C19H20F2N2O4S/c1-14-2-5-16(6-3-14)27-13-19(24)22-8-10-23(11-9-22)28(25,26)18-12-15(20)4-7-17(18)21/h2-7,12H,8-11,13H2,1H3. The van der Waals surface area contributed by atoms with Crippen molar-refractivity contribution in [2.45, 2.75) is 11.8 Å². The molecule has 0 aliphatic carbocycles. The van der Waals surface area contributed by atoms with Gasteiger partial charge in [0.25, 0.3) is 5.91 Å². The molecule has 1 saturated heterocycles. The molecule has 1 aliphatic heterocycles. The minimum Gasteiger partial charge on any atom is -0.484 e. The fourth-order valence-electron chi connectivity index (χ4n) is 2.86. The van der Waals surface area contributed by atoms with E-state index in [1.54, 1.807) is 12.1 Å². The van der Waals surface area contributed by atoms with Gasteiger partial charge in [0.2, 0.25) is 10.0 Å². The lowest BCUT2D eigenvalue weighted by Crippen LogP contribution is -2.51. The van der Waals surface area contributed by atoms with Crippen LogP contribution in [0.3, 0.4) is 0 Å². The van der Waals surface area contributed by atoms with Crippen molar-refractivity contribution in [3.05, 3.63) is 59.7 Å². The van der Waals surface area contributed by atoms with Crippen LogP contribution in [0.2, 0.25) is 0 Å². The predicted octanol–water partition coefficient (Wildman–Crippen LogP) is 2.19. The average Bonchev–Trinajstić information content (AvgIpc) is 2.69. The van der Waals surface area contributed by atoms with E-state index < -0.39 is 26.6 Å². The molecule has 3 rings (SSSR count). The fraction of sp³-hybridized carbons (Fsp3) is 0.316. The molecule has 1 fully saturated rings. The second-order valence-corrected chi connectivity index (χ2v) is 8.37. The minimum atomic E-state index is -4.17. The number of amides is 1. The molecule has 1 heterocycles. The summed E-state index contributed by atoms with van der Waals surface area (Å²) in [6.07, 6.45) is 0. The lowest BCUT2D eigenvalue weighted by Gasteiger charge is -2.34. The van der Waals surface area contributed by atoms with Gasteiger partial charge >= 0.3 is 0 Å². The molecular weight excluding hydrogens is 390 g/mol. The monoisotopic (exact) mass is 410 g/mol. The van der Waals surface area contributed by atoms with Crippen LogP contribution in [0.1, 0.15) is 5.56 Å². The largest absolute Gasteiger partial charge is 0.484 e. The number of sulfonamides is 1. The van der Waals surface area contributed by atoms with E-state index in [9.17, 15) is 22.0 Å². The molecule has 9 heteroatoms. The maximum atomic E-state index is 13.9. The van der Waals surface area contributed by atoms with Gasteiger partial charge < -0.3 is 9.64 Å². The smallest absolute Gasteiger partial charge is 0.260 e. The second kappa shape index (κ2) is 8.24. The van der Waals surface area contributed by atoms with Crippen molar-refractivity contribution in [1.29, 1.82) is 0 Å². The number of piperazine rings is 1. The number of aryl methyl sites for hydroxylation is 1. The average molecular weight is 410 g/mol. The van der Waals surface area contributed by atoms with Crippen LogP contribution in [-0.2, 0) is 14.8 Å². The Balaban J connectivity index is 1.58. The van der Waals surface area contributed by atoms with Crippen molar-refractivity contribution < 1.29 is 26.7 Å². The van der Waals surface area contributed by atoms with Crippen LogP contribution in [0.5, 0.6) is 5.75 Å². The van der Waals surface area contributed by atoms with Crippen molar-refractivity contribution >= 4 is 15.9 Å². The highest BCUT2D eigenvalue weighted by molar-refractivity contribution is 7.89. The SMILES string of the molecule is Cc1ccc(OCC(=O)N2CCN(S(=O)(=O)c3cc(F)ccc3F)CC2)cc1. The maximum Gasteiger partial charge on any atom is 0.260 e. The number of carbonyl (C=O) groups excluding carboxylic acids is 1. The molecule has 0 spiro atoms. The topological polar surface area (TPSA) is 66.9 Å². The van der Waals surface area contributed by atoms with Gasteiger partial charge in [-0.05, 0) is 37.3 Å². The highest BCUT2D eigenvalue weighted by Gasteiger charge is 2.32. The molecule has 2 aromatic rings. The number of nitrogens with zero attached hydrogens (tertiary/aromatic N) is 2. The lowest BCUT2D eigenvalue weighted by molar-refractivity contribution is -0.134. The number of rotatable bonds is 5. The maximum absolute atomic E-state index is 13.9. The Kier molecular flexibility index (Phi) is 5.95. The van der Waals surface area contributed by atoms with Crippen LogP contribution in [-0.4, -0.2) is 56.3 Å². The van der Waals surface area contributed by atoms with E-state index in [1.807, 2.05) is 19.1 Å². The Bertz CT molecular complexity index is 956. The van der Waals surface area contributed by atoms with Gasteiger partial charge in [-0.25, -0.2) is 17.2 Å². The molecule has 0 saturated carbocycles. The highest BCUT2D eigenvalue weighted by atomic mass is 32.2. The summed E-state index contributed by atoms with van der Waals surface area (Å²) in [5, 5.41) is 0. The van der Waals surface area contributed by atoms with Crippen LogP contribution in [0.4, 0.5) is 8.78 Å². The highest BCUT2D eigenvalue weighted by Crippen LogP contribution is 2.22. The number of halogens is 2. The third-order valence-corrected chi connectivity index (χ3v) is 6.40. The van der Waals surface area contributed by atoms with E-state index in [0.29, 0.717) is 11.8 Å². The van der Waals surface area contributed by atoms with Gasteiger partial charge in [-0.15, -0.1) is 0 Å². The van der Waals surface area contributed by atoms with E-state index in [4.69, 9.17) is 4.74 Å². The first-order valence-corrected chi connectivity index (χ1v) is 10.1. The predicted molar refractivity (Wildman–Crippen MR) is 98.4 cm³/mol. The zero-order valence-corrected chi connectivity index (χ0v) is 16.1. The quantitative estimate of drug-likeness (QED) is 0.758. The van der Waals surface area contributed by atoms with E-state index in [1.165, 1.54) is 4.90 Å². The summed E-state index contributed by atoms with van der Waals surface area (Å²) in [5.74, 6) is -1.54. The molecule has 2 aromatic carbocycles. The molecule has 0 atom stereocenters. The molecule has 28 heavy (non-hydrogen) atoms. The van der Waals surface area contributed by atoms with Crippen molar-refractivity contribution in [2.75, 3.05) is 32.8 Å². The second-order valence-electron chi connectivity index (χ2n) is 6.46. The Labute approximate surface area is 162 Å². The third-order valence-electron chi connectivity index (χ3n) is 4.49. The van der Waals surface area contributed by atoms with E-state index >= 15 is 0 Å². The van der Waals surface area contributed by atoms with E-state index in [0.717, 1.165) is 22.0 Å². The van der Waals surface area contributed by atoms with Crippen LogP contribution in [0, 0.1) is 18.6 Å². The van der Waals surface area contributed by atoms with Crippen LogP contribution in [0.15, 0.2) is 47.4 Å². The minimum absolute atomic E-state index is 0.00540. The summed E-state index contributed by atoms with van der Waals surface area (Å²) < 4.78 is 58.8. The molecule has 0 radical (unpaired) electrons.